The van der Waals surface area contributed by atoms with Gasteiger partial charge in [0.25, 0.3) is 0 Å². The van der Waals surface area contributed by atoms with Crippen molar-refractivity contribution in [3.05, 3.63) is 262 Å². The Kier molecular flexibility index (Phi) is 35.1. The van der Waals surface area contributed by atoms with Crippen LogP contribution < -0.4 is 9.47 Å². The molecule has 1 saturated carbocycles. The summed E-state index contributed by atoms with van der Waals surface area (Å²) < 4.78 is 26.4. The molecule has 8 aromatic rings. The van der Waals surface area contributed by atoms with Crippen LogP contribution in [-0.2, 0) is 24.4 Å². The summed E-state index contributed by atoms with van der Waals surface area (Å²) in [4.78, 5) is 73.1. The molecule has 8 aromatic carbocycles. The highest BCUT2D eigenvalue weighted by molar-refractivity contribution is 6.13. The number of phenolic OH excluding ortho intramolecular Hbond substituents is 3. The molecular formula is C89H105NO14. The van der Waals surface area contributed by atoms with Gasteiger partial charge in [0.2, 0.25) is 0 Å². The molecule has 4 atom stereocenters. The topological polar surface area (TPSA) is 233 Å². The van der Waals surface area contributed by atoms with E-state index in [1.165, 1.54) is 25.3 Å². The molecule has 15 heteroatoms. The molecule has 1 fully saturated rings. The first-order valence-corrected chi connectivity index (χ1v) is 35.9. The van der Waals surface area contributed by atoms with Crippen molar-refractivity contribution in [2.24, 2.45) is 23.2 Å². The number of para-hydroxylation sites is 2. The summed E-state index contributed by atoms with van der Waals surface area (Å²) >= 11 is 0. The van der Waals surface area contributed by atoms with Crippen molar-refractivity contribution < 1.29 is 67.8 Å². The van der Waals surface area contributed by atoms with Crippen LogP contribution in [0.5, 0.6) is 28.7 Å². The van der Waals surface area contributed by atoms with Crippen LogP contribution in [0.4, 0.5) is 0 Å². The number of Topliss-reactive ketones (excluding diaryl/α,β-unsaturated/α-hetero) is 2. The van der Waals surface area contributed by atoms with E-state index in [0.29, 0.717) is 64.7 Å². The number of nitrogens with zero attached hydrogens (tertiary/aromatic N) is 1. The summed E-state index contributed by atoms with van der Waals surface area (Å²) in [5, 5.41) is 38.7. The molecule has 0 spiro atoms. The van der Waals surface area contributed by atoms with Crippen molar-refractivity contribution in [3.63, 3.8) is 0 Å². The number of ketones is 3. The number of hydrogen-bond donors (Lipinski definition) is 3. The molecule has 0 amide bonds. The first-order chi connectivity index (χ1) is 49.8. The number of nitriles is 1. The van der Waals surface area contributed by atoms with Gasteiger partial charge in [0, 0.05) is 28.3 Å². The summed E-state index contributed by atoms with van der Waals surface area (Å²) in [6.07, 6.45) is 11.4. The minimum absolute atomic E-state index is 0.0179. The standard InChI is InChI=1S/C24H27NO2.C20H22O3.C16H22O3.C15H22O3.C14H12O3/c1-3-5-12-19(4-2)18-27-24(26)22(17-25)23(20-13-8-6-9-14-20)21-15-10-7-11-16-21;1-20(2,3)16-9-5-14(6-10-16)18(21)13-19(22)15-7-11-17(23-4)12-8-15;1-11-8-12(10-16(2,3)9-11)19-15(18)13-6-4-5-7-14(13)17;1-3-5-8-12(4-2)11-18-15(17)13-9-6-7-10-14(13)16;1-17-11-7-8-12(13(15)9-11)14(16)10-5-3-2-4-6-10/h6-11,13-16,19H,3-5,12,18H2,1-2H3;5-12H,13H2,1-4H3;4-7,11-12,17H,8-10H2,1-3H3;6-7,9-10,12,16H,3-5,8,11H2,1-2H3;2-9,15H,1H3. The fourth-order valence-electron chi connectivity index (χ4n) is 11.9. The minimum atomic E-state index is -0.546. The van der Waals surface area contributed by atoms with Gasteiger partial charge in [-0.05, 0) is 138 Å². The number of rotatable bonds is 26. The van der Waals surface area contributed by atoms with Crippen molar-refractivity contribution in [3.8, 4) is 34.8 Å². The third kappa shape index (κ3) is 27.6. The number of phenols is 3. The van der Waals surface area contributed by atoms with Crippen molar-refractivity contribution in [1.29, 1.82) is 5.26 Å². The summed E-state index contributed by atoms with van der Waals surface area (Å²) in [5.74, 6) is 0.452. The van der Waals surface area contributed by atoms with Crippen molar-refractivity contribution >= 4 is 40.8 Å². The number of aromatic hydroxyl groups is 3. The average Bonchev–Trinajstić information content (AvgIpc) is 0.820. The molecule has 104 heavy (non-hydrogen) atoms. The first kappa shape index (κ1) is 84.1. The molecule has 0 aliphatic heterocycles. The van der Waals surface area contributed by atoms with Crippen molar-refractivity contribution in [1.82, 2.24) is 0 Å². The SMILES string of the molecule is CC1CC(OC(=O)c2ccccc2O)CC(C)(C)C1.CCCCC(CC)COC(=O)C(C#N)=C(c1ccccc1)c1ccccc1.CCCCC(CC)COC(=O)c1ccccc1O.COc1ccc(C(=O)CC(=O)c2ccc(C(C)(C)C)cc2)cc1.COc1ccc(C(=O)c2ccccc2)c(O)c1. The molecule has 0 aromatic heterocycles. The van der Waals surface area contributed by atoms with Crippen molar-refractivity contribution in [2.75, 3.05) is 27.4 Å². The van der Waals surface area contributed by atoms with E-state index >= 15 is 0 Å². The summed E-state index contributed by atoms with van der Waals surface area (Å²) in [5.41, 5.74) is 6.14. The molecular weight excluding hydrogens is 1310 g/mol. The lowest BCUT2D eigenvalue weighted by atomic mass is 9.71. The van der Waals surface area contributed by atoms with E-state index in [2.05, 4.69) is 75.3 Å². The smallest absolute Gasteiger partial charge is 0.349 e. The molecule has 1 aliphatic rings. The number of benzene rings is 8. The Labute approximate surface area is 615 Å². The monoisotopic (exact) mass is 1410 g/mol. The summed E-state index contributed by atoms with van der Waals surface area (Å²) in [6.45, 7) is 22.3. The molecule has 1 aliphatic carbocycles. The number of esters is 3. The maximum Gasteiger partial charge on any atom is 0.349 e. The number of hydrogen-bond acceptors (Lipinski definition) is 15. The number of unbranched alkanes of at least 4 members (excludes halogenated alkanes) is 2. The highest BCUT2D eigenvalue weighted by Gasteiger charge is 2.34. The molecule has 9 rings (SSSR count). The minimum Gasteiger partial charge on any atom is -0.507 e. The number of carbonyl (C=O) groups is 6. The highest BCUT2D eigenvalue weighted by Crippen LogP contribution is 2.40. The Balaban J connectivity index is 0.000000236. The quantitative estimate of drug-likeness (QED) is 0.0114. The van der Waals surface area contributed by atoms with Crippen LogP contribution in [0.25, 0.3) is 5.57 Å². The Morgan fingerprint density at radius 1 is 0.519 bits per heavy atom. The molecule has 3 N–H and O–H groups in total. The average molecular weight is 1410 g/mol. The fourth-order valence-corrected chi connectivity index (χ4v) is 11.9. The Morgan fingerprint density at radius 3 is 1.39 bits per heavy atom. The van der Waals surface area contributed by atoms with E-state index in [4.69, 9.17) is 23.7 Å². The lowest BCUT2D eigenvalue weighted by molar-refractivity contribution is -0.140. The van der Waals surface area contributed by atoms with Crippen LogP contribution in [0.2, 0.25) is 0 Å². The molecule has 0 bridgehead atoms. The van der Waals surface area contributed by atoms with Gasteiger partial charge in [-0.25, -0.2) is 14.4 Å². The van der Waals surface area contributed by atoms with E-state index in [1.807, 2.05) is 78.9 Å². The van der Waals surface area contributed by atoms with Gasteiger partial charge in [-0.15, -0.1) is 0 Å². The number of carbonyl (C=O) groups excluding carboxylic acids is 6. The zero-order chi connectivity index (χ0) is 76.2. The number of methoxy groups -OCH3 is 2. The lowest BCUT2D eigenvalue weighted by Crippen LogP contribution is -2.34. The van der Waals surface area contributed by atoms with Gasteiger partial charge in [-0.2, -0.15) is 5.26 Å². The Bertz CT molecular complexity index is 4020. The third-order valence-electron chi connectivity index (χ3n) is 17.8. The van der Waals surface area contributed by atoms with Crippen LogP contribution in [0.3, 0.4) is 0 Å². The molecule has 550 valence electrons. The molecule has 4 unspecified atom stereocenters. The normalized spacial score (nSPS) is 13.8. The van der Waals surface area contributed by atoms with E-state index in [9.17, 15) is 49.3 Å². The second-order valence-electron chi connectivity index (χ2n) is 27.8. The summed E-state index contributed by atoms with van der Waals surface area (Å²) in [7, 11) is 3.08. The molecule has 0 radical (unpaired) electrons. The summed E-state index contributed by atoms with van der Waals surface area (Å²) in [6, 6.07) is 61.9. The van der Waals surface area contributed by atoms with Crippen LogP contribution in [-0.4, -0.2) is 84.1 Å². The van der Waals surface area contributed by atoms with Gasteiger partial charge in [0.1, 0.15) is 57.6 Å². The van der Waals surface area contributed by atoms with Gasteiger partial charge in [0.05, 0.1) is 39.4 Å². The first-order valence-electron chi connectivity index (χ1n) is 35.9. The van der Waals surface area contributed by atoms with Crippen LogP contribution >= 0.6 is 0 Å². The maximum absolute atomic E-state index is 12.8. The van der Waals surface area contributed by atoms with Gasteiger partial charge in [-0.1, -0.05) is 247 Å². The predicted molar refractivity (Wildman–Crippen MR) is 411 cm³/mol. The van der Waals surface area contributed by atoms with E-state index in [0.717, 1.165) is 87.3 Å². The van der Waals surface area contributed by atoms with E-state index < -0.39 is 17.9 Å². The van der Waals surface area contributed by atoms with Crippen LogP contribution in [0.15, 0.2) is 212 Å². The predicted octanol–water partition coefficient (Wildman–Crippen LogP) is 20.4. The van der Waals surface area contributed by atoms with Gasteiger partial charge < -0.3 is 39.0 Å². The van der Waals surface area contributed by atoms with E-state index in [-0.39, 0.29) is 80.2 Å². The fraction of sp³-hybridized carbons (Fsp3) is 0.360. The molecule has 0 saturated heterocycles. The maximum atomic E-state index is 12.8. The second-order valence-corrected chi connectivity index (χ2v) is 27.8. The third-order valence-corrected chi connectivity index (χ3v) is 17.8. The zero-order valence-corrected chi connectivity index (χ0v) is 62.6. The second kappa shape index (κ2) is 43.4. The van der Waals surface area contributed by atoms with Gasteiger partial charge in [-0.3, -0.25) is 14.4 Å². The molecule has 0 heterocycles. The highest BCUT2D eigenvalue weighted by atomic mass is 16.5. The van der Waals surface area contributed by atoms with Gasteiger partial charge in [0.15, 0.2) is 17.3 Å². The van der Waals surface area contributed by atoms with Gasteiger partial charge >= 0.3 is 17.9 Å². The largest absolute Gasteiger partial charge is 0.507 e. The zero-order valence-electron chi connectivity index (χ0n) is 62.6. The Hall–Kier alpha value is -10.6. The van der Waals surface area contributed by atoms with Crippen LogP contribution in [0, 0.1) is 34.5 Å². The lowest BCUT2D eigenvalue weighted by Gasteiger charge is -2.38. The molecule has 15 nitrogen and oxygen atoms in total. The van der Waals surface area contributed by atoms with Crippen LogP contribution in [0.1, 0.15) is 220 Å². The number of ether oxygens (including phenoxy) is 5. The van der Waals surface area contributed by atoms with Crippen molar-refractivity contribution in [2.45, 2.75) is 158 Å². The van der Waals surface area contributed by atoms with E-state index in [1.54, 1.807) is 116 Å². The Morgan fingerprint density at radius 2 is 0.962 bits per heavy atom.